The fourth-order valence-electron chi connectivity index (χ4n) is 2.40. The summed E-state index contributed by atoms with van der Waals surface area (Å²) >= 11 is 0. The van der Waals surface area contributed by atoms with Gasteiger partial charge in [-0.3, -0.25) is 4.79 Å². The maximum absolute atomic E-state index is 10.2. The van der Waals surface area contributed by atoms with Crippen LogP contribution in [0.3, 0.4) is 0 Å². The first-order valence-electron chi connectivity index (χ1n) is 8.04. The molecule has 1 aromatic rings. The summed E-state index contributed by atoms with van der Waals surface area (Å²) in [5.74, 6) is 0. The zero-order valence-electron chi connectivity index (χ0n) is 14.4. The van der Waals surface area contributed by atoms with Gasteiger partial charge in [0.15, 0.2) is 0 Å². The van der Waals surface area contributed by atoms with Crippen LogP contribution < -0.4 is 5.32 Å². The summed E-state index contributed by atoms with van der Waals surface area (Å²) in [5.41, 5.74) is 1.87. The SMILES string of the molecule is CC.CNCCC1CCCN1C.Cc1cccc(C=O)c1. The minimum Gasteiger partial charge on any atom is -0.320 e. The average Bonchev–Trinajstić information content (AvgIpc) is 2.93. The second-order valence-corrected chi connectivity index (χ2v) is 5.20. The number of carbonyl (C=O) groups is 1. The molecular formula is C18H32N2O. The molecule has 1 aliphatic rings. The van der Waals surface area contributed by atoms with Crippen molar-refractivity contribution in [1.29, 1.82) is 0 Å². The maximum Gasteiger partial charge on any atom is 0.150 e. The number of aryl methyl sites for hydroxylation is 1. The highest BCUT2D eigenvalue weighted by atomic mass is 16.1. The standard InChI is InChI=1S/C8H18N2.C8H8O.C2H6/c1-9-6-5-8-4-3-7-10(8)2;1-7-3-2-4-8(5-7)6-9;1-2/h8-9H,3-7H2,1-2H3;2-6H,1H3;1-2H3. The summed E-state index contributed by atoms with van der Waals surface area (Å²) in [6.45, 7) is 8.43. The Morgan fingerprint density at radius 3 is 2.52 bits per heavy atom. The van der Waals surface area contributed by atoms with Gasteiger partial charge in [0.25, 0.3) is 0 Å². The second kappa shape index (κ2) is 12.5. The van der Waals surface area contributed by atoms with Crippen molar-refractivity contribution >= 4 is 6.29 Å². The number of nitrogens with zero attached hydrogens (tertiary/aromatic N) is 1. The van der Waals surface area contributed by atoms with E-state index in [2.05, 4.69) is 17.3 Å². The summed E-state index contributed by atoms with van der Waals surface area (Å²) < 4.78 is 0. The summed E-state index contributed by atoms with van der Waals surface area (Å²) in [5, 5.41) is 3.19. The lowest BCUT2D eigenvalue weighted by molar-refractivity contribution is 0.112. The van der Waals surface area contributed by atoms with Crippen LogP contribution in [-0.2, 0) is 0 Å². The van der Waals surface area contributed by atoms with Gasteiger partial charge >= 0.3 is 0 Å². The van der Waals surface area contributed by atoms with Crippen LogP contribution in [0.1, 0.15) is 49.0 Å². The molecular weight excluding hydrogens is 260 g/mol. The predicted molar refractivity (Wildman–Crippen MR) is 92.1 cm³/mol. The van der Waals surface area contributed by atoms with Crippen LogP contribution in [-0.4, -0.2) is 44.4 Å². The molecule has 1 N–H and O–H groups in total. The normalized spacial score (nSPS) is 17.3. The fraction of sp³-hybridized carbons (Fsp3) is 0.611. The van der Waals surface area contributed by atoms with Crippen molar-refractivity contribution in [3.63, 3.8) is 0 Å². The zero-order valence-corrected chi connectivity index (χ0v) is 14.4. The number of hydrogen-bond acceptors (Lipinski definition) is 3. The van der Waals surface area contributed by atoms with Gasteiger partial charge in [0.05, 0.1) is 0 Å². The summed E-state index contributed by atoms with van der Waals surface area (Å²) in [6, 6.07) is 8.34. The van der Waals surface area contributed by atoms with Gasteiger partial charge in [-0.05, 0) is 59.4 Å². The van der Waals surface area contributed by atoms with Gasteiger partial charge in [0.1, 0.15) is 6.29 Å². The molecule has 3 nitrogen and oxygen atoms in total. The highest BCUT2D eigenvalue weighted by Crippen LogP contribution is 2.16. The largest absolute Gasteiger partial charge is 0.320 e. The van der Waals surface area contributed by atoms with Crippen LogP contribution >= 0.6 is 0 Å². The predicted octanol–water partition coefficient (Wildman–Crippen LogP) is 3.52. The van der Waals surface area contributed by atoms with Crippen LogP contribution in [0.2, 0.25) is 0 Å². The van der Waals surface area contributed by atoms with Crippen LogP contribution in [0.25, 0.3) is 0 Å². The first-order chi connectivity index (χ1) is 10.2. The van der Waals surface area contributed by atoms with E-state index >= 15 is 0 Å². The molecule has 1 aliphatic heterocycles. The Kier molecular flexibility index (Phi) is 11.8. The molecule has 21 heavy (non-hydrogen) atoms. The van der Waals surface area contributed by atoms with E-state index in [0.29, 0.717) is 0 Å². The summed E-state index contributed by atoms with van der Waals surface area (Å²) in [4.78, 5) is 12.6. The first kappa shape index (κ1) is 19.8. The molecule has 1 aromatic carbocycles. The van der Waals surface area contributed by atoms with E-state index in [9.17, 15) is 4.79 Å². The molecule has 1 saturated heterocycles. The number of likely N-dealkylation sites (tertiary alicyclic amines) is 1. The lowest BCUT2D eigenvalue weighted by Crippen LogP contribution is -2.27. The highest BCUT2D eigenvalue weighted by molar-refractivity contribution is 5.74. The smallest absolute Gasteiger partial charge is 0.150 e. The van der Waals surface area contributed by atoms with Crippen molar-refractivity contribution in [2.45, 2.75) is 46.1 Å². The van der Waals surface area contributed by atoms with Crippen LogP contribution in [0.15, 0.2) is 24.3 Å². The number of aldehydes is 1. The van der Waals surface area contributed by atoms with Crippen molar-refractivity contribution in [1.82, 2.24) is 10.2 Å². The van der Waals surface area contributed by atoms with Crippen molar-refractivity contribution in [2.24, 2.45) is 0 Å². The molecule has 0 amide bonds. The third-order valence-electron chi connectivity index (χ3n) is 3.58. The Bertz CT molecular complexity index is 379. The average molecular weight is 292 g/mol. The Labute approximate surface area is 130 Å². The van der Waals surface area contributed by atoms with Gasteiger partial charge < -0.3 is 10.2 Å². The molecule has 1 heterocycles. The molecule has 0 aromatic heterocycles. The maximum atomic E-state index is 10.2. The second-order valence-electron chi connectivity index (χ2n) is 5.20. The van der Waals surface area contributed by atoms with E-state index < -0.39 is 0 Å². The van der Waals surface area contributed by atoms with E-state index in [4.69, 9.17) is 0 Å². The molecule has 1 atom stereocenters. The first-order valence-corrected chi connectivity index (χ1v) is 8.04. The minimum absolute atomic E-state index is 0.745. The van der Waals surface area contributed by atoms with Crippen LogP contribution in [0, 0.1) is 6.92 Å². The lowest BCUT2D eigenvalue weighted by Gasteiger charge is -2.18. The third-order valence-corrected chi connectivity index (χ3v) is 3.58. The molecule has 2 rings (SSSR count). The van der Waals surface area contributed by atoms with E-state index in [0.717, 1.165) is 30.0 Å². The molecule has 3 heteroatoms. The number of hydrogen-bond donors (Lipinski definition) is 1. The van der Waals surface area contributed by atoms with E-state index in [1.54, 1.807) is 6.07 Å². The van der Waals surface area contributed by atoms with Gasteiger partial charge in [-0.2, -0.15) is 0 Å². The summed E-state index contributed by atoms with van der Waals surface area (Å²) in [6.07, 6.45) is 4.96. The van der Waals surface area contributed by atoms with Crippen LogP contribution in [0.4, 0.5) is 0 Å². The molecule has 0 spiro atoms. The Hall–Kier alpha value is -1.19. The van der Waals surface area contributed by atoms with Gasteiger partial charge in [-0.1, -0.05) is 37.6 Å². The molecule has 0 aliphatic carbocycles. The molecule has 1 unspecified atom stereocenters. The Morgan fingerprint density at radius 2 is 2.10 bits per heavy atom. The molecule has 0 radical (unpaired) electrons. The Morgan fingerprint density at radius 1 is 1.38 bits per heavy atom. The molecule has 1 fully saturated rings. The van der Waals surface area contributed by atoms with Crippen molar-refractivity contribution < 1.29 is 4.79 Å². The van der Waals surface area contributed by atoms with Gasteiger partial charge in [-0.25, -0.2) is 0 Å². The molecule has 120 valence electrons. The van der Waals surface area contributed by atoms with E-state index in [1.807, 2.05) is 46.0 Å². The third kappa shape index (κ3) is 8.64. The van der Waals surface area contributed by atoms with Crippen molar-refractivity contribution in [3.8, 4) is 0 Å². The number of rotatable bonds is 4. The Balaban J connectivity index is 0.000000342. The van der Waals surface area contributed by atoms with Gasteiger partial charge in [-0.15, -0.1) is 0 Å². The number of nitrogens with one attached hydrogen (secondary N) is 1. The van der Waals surface area contributed by atoms with Crippen molar-refractivity contribution in [2.75, 3.05) is 27.2 Å². The van der Waals surface area contributed by atoms with Gasteiger partial charge in [0.2, 0.25) is 0 Å². The molecule has 0 saturated carbocycles. The van der Waals surface area contributed by atoms with Crippen LogP contribution in [0.5, 0.6) is 0 Å². The monoisotopic (exact) mass is 292 g/mol. The van der Waals surface area contributed by atoms with E-state index in [-0.39, 0.29) is 0 Å². The number of carbonyl (C=O) groups excluding carboxylic acids is 1. The lowest BCUT2D eigenvalue weighted by atomic mass is 10.1. The quantitative estimate of drug-likeness (QED) is 0.862. The van der Waals surface area contributed by atoms with E-state index in [1.165, 1.54) is 25.8 Å². The highest BCUT2D eigenvalue weighted by Gasteiger charge is 2.19. The topological polar surface area (TPSA) is 32.3 Å². The molecule has 0 bridgehead atoms. The minimum atomic E-state index is 0.745. The summed E-state index contributed by atoms with van der Waals surface area (Å²) in [7, 11) is 4.25. The zero-order chi connectivity index (χ0) is 16.1. The van der Waals surface area contributed by atoms with Gasteiger partial charge in [0, 0.05) is 11.6 Å². The fourth-order valence-corrected chi connectivity index (χ4v) is 2.40. The van der Waals surface area contributed by atoms with Crippen molar-refractivity contribution in [3.05, 3.63) is 35.4 Å². The number of benzene rings is 1.